The number of epoxide rings is 1. The molecule has 0 radical (unpaired) electrons. The molecule has 2 rings (SSSR count). The van der Waals surface area contributed by atoms with Gasteiger partial charge in [0.1, 0.15) is 0 Å². The minimum atomic E-state index is -0.646. The molecule has 0 saturated carbocycles. The van der Waals surface area contributed by atoms with Gasteiger partial charge in [0.05, 0.1) is 15.8 Å². The molecule has 5 heteroatoms. The van der Waals surface area contributed by atoms with Crippen LogP contribution < -0.4 is 0 Å². The predicted octanol–water partition coefficient (Wildman–Crippen LogP) is 4.29. The van der Waals surface area contributed by atoms with E-state index >= 15 is 0 Å². The number of benzene rings is 1. The lowest BCUT2D eigenvalue weighted by atomic mass is 9.97. The van der Waals surface area contributed by atoms with Gasteiger partial charge in [0.25, 0.3) is 0 Å². The van der Waals surface area contributed by atoms with Crippen molar-refractivity contribution in [2.75, 3.05) is 0 Å². The molecule has 1 aliphatic heterocycles. The number of Topliss-reactive ketones (excluding diaryl/α,β-unsaturated/α-hetero) is 1. The minimum Gasteiger partial charge on any atom is -0.358 e. The molecule has 0 aliphatic carbocycles. The van der Waals surface area contributed by atoms with E-state index < -0.39 is 5.60 Å². The van der Waals surface area contributed by atoms with Crippen LogP contribution in [-0.2, 0) is 9.53 Å². The number of carbonyl (C=O) groups excluding carboxylic acids is 1. The molecule has 0 aromatic heterocycles. The summed E-state index contributed by atoms with van der Waals surface area (Å²) >= 11 is 12.9. The maximum absolute atomic E-state index is 12.3. The van der Waals surface area contributed by atoms with Crippen LogP contribution in [-0.4, -0.2) is 22.3 Å². The smallest absolute Gasteiger partial charge is 0.182 e. The van der Waals surface area contributed by atoms with Crippen molar-refractivity contribution >= 4 is 49.2 Å². The molecule has 0 bridgehead atoms. The number of rotatable bonds is 4. The van der Waals surface area contributed by atoms with Crippen molar-refractivity contribution in [1.29, 1.82) is 0 Å². The summed E-state index contributed by atoms with van der Waals surface area (Å²) in [5.74, 6) is 0.0619. The standard InChI is InChI=1S/C13H13Br2ClO2/c1-7-13(2,18-7)12(17)11(15)10(14)8-3-5-9(16)6-4-8/h3-7,10-11H,1-2H3/t7-,10-,11-,13+/m1/s1. The molecule has 2 nitrogen and oxygen atoms in total. The van der Waals surface area contributed by atoms with Gasteiger partial charge in [-0.1, -0.05) is 55.6 Å². The maximum atomic E-state index is 12.3. The summed E-state index contributed by atoms with van der Waals surface area (Å²) in [6.45, 7) is 3.74. The summed E-state index contributed by atoms with van der Waals surface area (Å²) < 4.78 is 5.37. The van der Waals surface area contributed by atoms with Gasteiger partial charge >= 0.3 is 0 Å². The van der Waals surface area contributed by atoms with Crippen LogP contribution in [0.5, 0.6) is 0 Å². The summed E-state index contributed by atoms with van der Waals surface area (Å²) in [6, 6.07) is 7.44. The minimum absolute atomic E-state index is 0.00466. The SMILES string of the molecule is C[C@H]1O[C@]1(C)C(=O)[C@H](Br)[C@H](Br)c1ccc(Cl)cc1. The largest absolute Gasteiger partial charge is 0.358 e. The first-order valence-electron chi connectivity index (χ1n) is 5.62. The third-order valence-electron chi connectivity index (χ3n) is 3.33. The number of carbonyl (C=O) groups is 1. The summed E-state index contributed by atoms with van der Waals surface area (Å²) in [7, 11) is 0. The molecule has 98 valence electrons. The summed E-state index contributed by atoms with van der Waals surface area (Å²) in [5, 5.41) is 0.682. The summed E-state index contributed by atoms with van der Waals surface area (Å²) in [5.41, 5.74) is 0.360. The number of hydrogen-bond acceptors (Lipinski definition) is 2. The molecule has 1 aromatic carbocycles. The lowest BCUT2D eigenvalue weighted by Gasteiger charge is -2.18. The Balaban J connectivity index is 2.11. The third kappa shape index (κ3) is 2.67. The van der Waals surface area contributed by atoms with Crippen molar-refractivity contribution in [3.63, 3.8) is 0 Å². The Labute approximate surface area is 128 Å². The predicted molar refractivity (Wildman–Crippen MR) is 79.8 cm³/mol. The Morgan fingerprint density at radius 3 is 2.33 bits per heavy atom. The number of hydrogen-bond donors (Lipinski definition) is 0. The molecule has 1 saturated heterocycles. The van der Waals surface area contributed by atoms with E-state index in [2.05, 4.69) is 31.9 Å². The van der Waals surface area contributed by atoms with Crippen LogP contribution in [0.2, 0.25) is 5.02 Å². The van der Waals surface area contributed by atoms with Gasteiger partial charge in [-0.15, -0.1) is 0 Å². The molecule has 0 N–H and O–H groups in total. The number of ketones is 1. The molecule has 18 heavy (non-hydrogen) atoms. The third-order valence-corrected chi connectivity index (χ3v) is 6.29. The van der Waals surface area contributed by atoms with E-state index in [1.807, 2.05) is 38.1 Å². The van der Waals surface area contributed by atoms with Gasteiger partial charge in [-0.3, -0.25) is 4.79 Å². The van der Waals surface area contributed by atoms with Gasteiger partial charge in [0.2, 0.25) is 0 Å². The highest BCUT2D eigenvalue weighted by atomic mass is 79.9. The van der Waals surface area contributed by atoms with Crippen molar-refractivity contribution in [2.24, 2.45) is 0 Å². The highest BCUT2D eigenvalue weighted by Gasteiger charge is 2.57. The van der Waals surface area contributed by atoms with Gasteiger partial charge in [-0.2, -0.15) is 0 Å². The molecule has 0 spiro atoms. The second kappa shape index (κ2) is 5.23. The van der Waals surface area contributed by atoms with Crippen LogP contribution in [0.3, 0.4) is 0 Å². The second-order valence-electron chi connectivity index (χ2n) is 4.59. The first-order chi connectivity index (χ1) is 8.36. The monoisotopic (exact) mass is 394 g/mol. The van der Waals surface area contributed by atoms with E-state index in [0.29, 0.717) is 5.02 Å². The molecule has 4 atom stereocenters. The highest BCUT2D eigenvalue weighted by Crippen LogP contribution is 2.42. The molecule has 1 heterocycles. The van der Waals surface area contributed by atoms with Crippen molar-refractivity contribution in [3.05, 3.63) is 34.9 Å². The Bertz CT molecular complexity index is 463. The molecule has 0 amide bonds. The van der Waals surface area contributed by atoms with E-state index in [4.69, 9.17) is 16.3 Å². The average Bonchev–Trinajstić information content (AvgIpc) is 2.97. The Morgan fingerprint density at radius 1 is 1.39 bits per heavy atom. The van der Waals surface area contributed by atoms with Crippen LogP contribution in [0.25, 0.3) is 0 Å². The quantitative estimate of drug-likeness (QED) is 0.561. The topological polar surface area (TPSA) is 29.6 Å². The number of alkyl halides is 2. The van der Waals surface area contributed by atoms with Gasteiger partial charge in [0, 0.05) is 5.02 Å². The van der Waals surface area contributed by atoms with Crippen LogP contribution >= 0.6 is 43.5 Å². The van der Waals surface area contributed by atoms with Gasteiger partial charge in [0.15, 0.2) is 11.4 Å². The van der Waals surface area contributed by atoms with E-state index in [9.17, 15) is 4.79 Å². The van der Waals surface area contributed by atoms with Crippen molar-refractivity contribution in [3.8, 4) is 0 Å². The first-order valence-corrected chi connectivity index (χ1v) is 7.83. The van der Waals surface area contributed by atoms with Crippen molar-refractivity contribution in [1.82, 2.24) is 0 Å². The lowest BCUT2D eigenvalue weighted by Crippen LogP contribution is -2.33. The van der Waals surface area contributed by atoms with E-state index in [1.165, 1.54) is 0 Å². The van der Waals surface area contributed by atoms with Gasteiger partial charge in [-0.25, -0.2) is 0 Å². The fourth-order valence-corrected chi connectivity index (χ4v) is 3.24. The normalized spacial score (nSPS) is 29.7. The fourth-order valence-electron chi connectivity index (χ4n) is 1.81. The number of halogens is 3. The Kier molecular flexibility index (Phi) is 4.22. The zero-order chi connectivity index (χ0) is 13.5. The van der Waals surface area contributed by atoms with E-state index in [1.54, 1.807) is 0 Å². The average molecular weight is 397 g/mol. The Hall–Kier alpha value is 0.1000. The van der Waals surface area contributed by atoms with Crippen molar-refractivity contribution in [2.45, 2.75) is 35.2 Å². The number of ether oxygens (including phenoxy) is 1. The van der Waals surface area contributed by atoms with Gasteiger partial charge in [-0.05, 0) is 31.5 Å². The maximum Gasteiger partial charge on any atom is 0.182 e. The highest BCUT2D eigenvalue weighted by molar-refractivity contribution is 9.12. The molecular weight excluding hydrogens is 383 g/mol. The van der Waals surface area contributed by atoms with Crippen LogP contribution in [0.4, 0.5) is 0 Å². The van der Waals surface area contributed by atoms with Crippen LogP contribution in [0, 0.1) is 0 Å². The zero-order valence-electron chi connectivity index (χ0n) is 9.99. The molecule has 1 aromatic rings. The van der Waals surface area contributed by atoms with Crippen LogP contribution in [0.15, 0.2) is 24.3 Å². The van der Waals surface area contributed by atoms with Crippen LogP contribution in [0.1, 0.15) is 24.2 Å². The molecule has 0 unspecified atom stereocenters. The van der Waals surface area contributed by atoms with Gasteiger partial charge < -0.3 is 4.74 Å². The molecule has 1 aliphatic rings. The second-order valence-corrected chi connectivity index (χ2v) is 7.00. The molecule has 1 fully saturated rings. The fraction of sp³-hybridized carbons (Fsp3) is 0.462. The first kappa shape index (κ1) is 14.5. The van der Waals surface area contributed by atoms with E-state index in [0.717, 1.165) is 5.56 Å². The summed E-state index contributed by atoms with van der Waals surface area (Å²) in [4.78, 5) is 11.9. The van der Waals surface area contributed by atoms with E-state index in [-0.39, 0.29) is 21.5 Å². The lowest BCUT2D eigenvalue weighted by molar-refractivity contribution is -0.122. The summed E-state index contributed by atoms with van der Waals surface area (Å²) in [6.07, 6.45) is -0.00466. The van der Waals surface area contributed by atoms with Crippen molar-refractivity contribution < 1.29 is 9.53 Å². The Morgan fingerprint density at radius 2 is 1.89 bits per heavy atom. The molecular formula is C13H13Br2ClO2. The zero-order valence-corrected chi connectivity index (χ0v) is 13.9.